The normalized spacial score (nSPS) is 9.38. The van der Waals surface area contributed by atoms with Crippen LogP contribution in [0.3, 0.4) is 0 Å². The Labute approximate surface area is 82.7 Å². The second-order valence-corrected chi connectivity index (χ2v) is 2.80. The molecule has 0 fully saturated rings. The molecule has 0 saturated carbocycles. The molecule has 0 atom stereocenters. The molecule has 0 radical (unpaired) electrons. The van der Waals surface area contributed by atoms with Crippen LogP contribution in [0.25, 0.3) is 0 Å². The lowest BCUT2D eigenvalue weighted by atomic mass is 10.3. The van der Waals surface area contributed by atoms with Gasteiger partial charge in [-0.15, -0.1) is 0 Å². The number of benzene rings is 1. The maximum absolute atomic E-state index is 5.83. The minimum atomic E-state index is 0.477. The zero-order valence-corrected chi connectivity index (χ0v) is 8.17. The van der Waals surface area contributed by atoms with Gasteiger partial charge in [0.1, 0.15) is 18.1 Å². The van der Waals surface area contributed by atoms with Crippen LogP contribution in [-0.2, 0) is 0 Å². The zero-order valence-electron chi connectivity index (χ0n) is 7.42. The van der Waals surface area contributed by atoms with E-state index in [1.54, 1.807) is 31.4 Å². The van der Waals surface area contributed by atoms with E-state index in [-0.39, 0.29) is 0 Å². The zero-order chi connectivity index (χ0) is 9.68. The van der Waals surface area contributed by atoms with E-state index in [1.165, 1.54) is 0 Å². The predicted octanol–water partition coefficient (Wildman–Crippen LogP) is 2.91. The van der Waals surface area contributed by atoms with Gasteiger partial charge in [0.15, 0.2) is 0 Å². The van der Waals surface area contributed by atoms with Crippen molar-refractivity contribution >= 4 is 11.6 Å². The number of hydrogen-bond donors (Lipinski definition) is 0. The van der Waals surface area contributed by atoms with Gasteiger partial charge in [-0.25, -0.2) is 0 Å². The van der Waals surface area contributed by atoms with E-state index in [4.69, 9.17) is 21.1 Å². The summed E-state index contributed by atoms with van der Waals surface area (Å²) >= 11 is 5.83. The van der Waals surface area contributed by atoms with Crippen molar-refractivity contribution in [3.8, 4) is 11.5 Å². The number of ether oxygens (including phenoxy) is 2. The molecule has 2 nitrogen and oxygen atoms in total. The summed E-state index contributed by atoms with van der Waals surface area (Å²) in [5, 5.41) is 0.577. The third kappa shape index (κ3) is 2.67. The van der Waals surface area contributed by atoms with Crippen molar-refractivity contribution < 1.29 is 9.47 Å². The predicted molar refractivity (Wildman–Crippen MR) is 53.7 cm³/mol. The summed E-state index contributed by atoms with van der Waals surface area (Å²) in [5.74, 6) is 1.34. The highest BCUT2D eigenvalue weighted by Gasteiger charge is 2.01. The van der Waals surface area contributed by atoms with Crippen LogP contribution in [0.15, 0.2) is 30.9 Å². The van der Waals surface area contributed by atoms with Gasteiger partial charge in [-0.2, -0.15) is 0 Å². The van der Waals surface area contributed by atoms with Gasteiger partial charge in [0.2, 0.25) is 0 Å². The van der Waals surface area contributed by atoms with Gasteiger partial charge in [0, 0.05) is 6.07 Å². The molecule has 0 spiro atoms. The fraction of sp³-hybridized carbons (Fsp3) is 0.200. The second kappa shape index (κ2) is 4.77. The Bertz CT molecular complexity index is 297. The Morgan fingerprint density at radius 2 is 2.31 bits per heavy atom. The monoisotopic (exact) mass is 198 g/mol. The highest BCUT2D eigenvalue weighted by molar-refractivity contribution is 6.32. The van der Waals surface area contributed by atoms with Gasteiger partial charge in [-0.05, 0) is 12.1 Å². The van der Waals surface area contributed by atoms with Crippen molar-refractivity contribution in [1.82, 2.24) is 0 Å². The Morgan fingerprint density at radius 1 is 1.54 bits per heavy atom. The van der Waals surface area contributed by atoms with Crippen LogP contribution in [0.2, 0.25) is 5.02 Å². The van der Waals surface area contributed by atoms with Gasteiger partial charge in [0.25, 0.3) is 0 Å². The van der Waals surface area contributed by atoms with Crippen LogP contribution in [0.4, 0.5) is 0 Å². The smallest absolute Gasteiger partial charge is 0.141 e. The molecule has 0 aromatic heterocycles. The number of halogens is 1. The molecule has 0 aliphatic rings. The average Bonchev–Trinajstić information content (AvgIpc) is 2.16. The molecule has 0 unspecified atom stereocenters. The summed E-state index contributed by atoms with van der Waals surface area (Å²) < 4.78 is 10.3. The molecule has 0 heterocycles. The number of hydrogen-bond acceptors (Lipinski definition) is 2. The van der Waals surface area contributed by atoms with Crippen LogP contribution in [0.5, 0.6) is 11.5 Å². The van der Waals surface area contributed by atoms with Crippen LogP contribution in [0, 0.1) is 0 Å². The first kappa shape index (κ1) is 9.93. The van der Waals surface area contributed by atoms with E-state index >= 15 is 0 Å². The number of methoxy groups -OCH3 is 1. The summed E-state index contributed by atoms with van der Waals surface area (Å²) in [6, 6.07) is 5.26. The van der Waals surface area contributed by atoms with E-state index < -0.39 is 0 Å². The van der Waals surface area contributed by atoms with E-state index in [0.29, 0.717) is 17.4 Å². The Balaban J connectivity index is 2.79. The molecule has 0 aliphatic heterocycles. The molecule has 1 aromatic rings. The lowest BCUT2D eigenvalue weighted by Gasteiger charge is -2.06. The van der Waals surface area contributed by atoms with E-state index in [0.717, 1.165) is 5.75 Å². The largest absolute Gasteiger partial charge is 0.495 e. The highest BCUT2D eigenvalue weighted by atomic mass is 35.5. The lowest BCUT2D eigenvalue weighted by Crippen LogP contribution is -1.93. The Hall–Kier alpha value is -1.15. The quantitative estimate of drug-likeness (QED) is 0.693. The van der Waals surface area contributed by atoms with Crippen molar-refractivity contribution in [3.05, 3.63) is 35.9 Å². The summed E-state index contributed by atoms with van der Waals surface area (Å²) in [7, 11) is 1.57. The molecule has 1 rings (SSSR count). The lowest BCUT2D eigenvalue weighted by molar-refractivity contribution is 0.357. The summed E-state index contributed by atoms with van der Waals surface area (Å²) in [6.45, 7) is 4.03. The number of rotatable bonds is 4. The van der Waals surface area contributed by atoms with Crippen LogP contribution in [0.1, 0.15) is 0 Å². The first-order valence-corrected chi connectivity index (χ1v) is 4.23. The summed E-state index contributed by atoms with van der Waals surface area (Å²) in [6.07, 6.45) is 1.68. The fourth-order valence-corrected chi connectivity index (χ4v) is 1.08. The van der Waals surface area contributed by atoms with Crippen LogP contribution >= 0.6 is 11.6 Å². The van der Waals surface area contributed by atoms with Gasteiger partial charge < -0.3 is 9.47 Å². The molecule has 13 heavy (non-hydrogen) atoms. The SMILES string of the molecule is C=CCOc1ccc(Cl)c(OC)c1. The average molecular weight is 199 g/mol. The molecule has 1 aromatic carbocycles. The van der Waals surface area contributed by atoms with Crippen molar-refractivity contribution in [3.63, 3.8) is 0 Å². The standard InChI is InChI=1S/C10H11ClO2/c1-3-6-13-8-4-5-9(11)10(7-8)12-2/h3-5,7H,1,6H2,2H3. The van der Waals surface area contributed by atoms with Crippen LogP contribution < -0.4 is 9.47 Å². The summed E-state index contributed by atoms with van der Waals surface area (Å²) in [5.41, 5.74) is 0. The van der Waals surface area contributed by atoms with E-state index in [2.05, 4.69) is 6.58 Å². The van der Waals surface area contributed by atoms with Crippen molar-refractivity contribution in [2.75, 3.05) is 13.7 Å². The van der Waals surface area contributed by atoms with Crippen molar-refractivity contribution in [2.24, 2.45) is 0 Å². The van der Waals surface area contributed by atoms with E-state index in [9.17, 15) is 0 Å². The first-order chi connectivity index (χ1) is 6.27. The summed E-state index contributed by atoms with van der Waals surface area (Å²) in [4.78, 5) is 0. The molecule has 0 bridgehead atoms. The van der Waals surface area contributed by atoms with Crippen molar-refractivity contribution in [2.45, 2.75) is 0 Å². The Kier molecular flexibility index (Phi) is 3.65. The van der Waals surface area contributed by atoms with Gasteiger partial charge >= 0.3 is 0 Å². The molecule has 0 amide bonds. The Morgan fingerprint density at radius 3 is 2.92 bits per heavy atom. The van der Waals surface area contributed by atoms with E-state index in [1.807, 2.05) is 0 Å². The fourth-order valence-electron chi connectivity index (χ4n) is 0.885. The molecule has 0 saturated heterocycles. The van der Waals surface area contributed by atoms with Gasteiger partial charge in [0.05, 0.1) is 12.1 Å². The molecular formula is C10H11ClO2. The molecular weight excluding hydrogens is 188 g/mol. The third-order valence-corrected chi connectivity index (χ3v) is 1.80. The first-order valence-electron chi connectivity index (χ1n) is 3.85. The van der Waals surface area contributed by atoms with Gasteiger partial charge in [-0.3, -0.25) is 0 Å². The van der Waals surface area contributed by atoms with Crippen LogP contribution in [-0.4, -0.2) is 13.7 Å². The minimum Gasteiger partial charge on any atom is -0.495 e. The molecule has 3 heteroatoms. The molecule has 0 aliphatic carbocycles. The van der Waals surface area contributed by atoms with Gasteiger partial charge in [-0.1, -0.05) is 24.3 Å². The maximum atomic E-state index is 5.83. The third-order valence-electron chi connectivity index (χ3n) is 1.49. The topological polar surface area (TPSA) is 18.5 Å². The maximum Gasteiger partial charge on any atom is 0.141 e. The van der Waals surface area contributed by atoms with Crippen molar-refractivity contribution in [1.29, 1.82) is 0 Å². The molecule has 70 valence electrons. The minimum absolute atomic E-state index is 0.477. The second-order valence-electron chi connectivity index (χ2n) is 2.40. The molecule has 0 N–H and O–H groups in total. The highest BCUT2D eigenvalue weighted by Crippen LogP contribution is 2.28.